The number of ether oxygens (including phenoxy) is 2. The van der Waals surface area contributed by atoms with Gasteiger partial charge in [0.25, 0.3) is 0 Å². The van der Waals surface area contributed by atoms with Gasteiger partial charge < -0.3 is 9.47 Å². The van der Waals surface area contributed by atoms with Crippen molar-refractivity contribution in [3.8, 4) is 6.01 Å². The lowest BCUT2D eigenvalue weighted by Crippen LogP contribution is -2.09. The average Bonchev–Trinajstić information content (AvgIpc) is 2.27. The Kier molecular flexibility index (Phi) is 6.14. The molecule has 0 saturated carbocycles. The topological polar surface area (TPSA) is 74.2 Å². The first-order valence-corrected chi connectivity index (χ1v) is 6.65. The van der Waals surface area contributed by atoms with Gasteiger partial charge in [0.1, 0.15) is 0 Å². The number of halogens is 1. The third kappa shape index (κ3) is 5.50. The third-order valence-electron chi connectivity index (χ3n) is 1.67. The van der Waals surface area contributed by atoms with Gasteiger partial charge in [0, 0.05) is 5.75 Å². The van der Waals surface area contributed by atoms with Gasteiger partial charge in [0.15, 0.2) is 5.16 Å². The molecule has 0 radical (unpaired) electrons. The first-order valence-electron chi connectivity index (χ1n) is 5.29. The maximum atomic E-state index is 10.9. The van der Waals surface area contributed by atoms with E-state index in [4.69, 9.17) is 16.3 Å². The van der Waals surface area contributed by atoms with Crippen LogP contribution >= 0.6 is 23.4 Å². The lowest BCUT2D eigenvalue weighted by Gasteiger charge is -2.08. The molecule has 1 rings (SSSR count). The fourth-order valence-corrected chi connectivity index (χ4v) is 1.92. The normalized spacial score (nSPS) is 10.5. The van der Waals surface area contributed by atoms with Crippen LogP contribution in [0.25, 0.3) is 0 Å². The second-order valence-electron chi connectivity index (χ2n) is 3.51. The van der Waals surface area contributed by atoms with Crippen molar-refractivity contribution in [3.05, 3.63) is 5.28 Å². The van der Waals surface area contributed by atoms with Crippen molar-refractivity contribution in [2.24, 2.45) is 0 Å². The Hall–Kier alpha value is -1.08. The minimum absolute atomic E-state index is 0.0450. The largest absolute Gasteiger partial charge is 0.469 e. The third-order valence-corrected chi connectivity index (χ3v) is 2.69. The van der Waals surface area contributed by atoms with E-state index in [0.717, 1.165) is 0 Å². The van der Waals surface area contributed by atoms with Crippen LogP contribution in [0, 0.1) is 0 Å². The molecule has 1 aromatic heterocycles. The van der Waals surface area contributed by atoms with Crippen molar-refractivity contribution in [2.75, 3.05) is 12.9 Å². The quantitative estimate of drug-likeness (QED) is 0.586. The molecular weight excluding hydrogens is 278 g/mol. The summed E-state index contributed by atoms with van der Waals surface area (Å²) in [7, 11) is 1.35. The van der Waals surface area contributed by atoms with Crippen LogP contribution in [0.5, 0.6) is 6.01 Å². The maximum Gasteiger partial charge on any atom is 0.321 e. The number of esters is 1. The van der Waals surface area contributed by atoms with Gasteiger partial charge >= 0.3 is 12.0 Å². The van der Waals surface area contributed by atoms with Crippen LogP contribution in [-0.4, -0.2) is 39.9 Å². The highest BCUT2D eigenvalue weighted by Crippen LogP contribution is 2.19. The number of carbonyl (C=O) groups is 1. The maximum absolute atomic E-state index is 10.9. The van der Waals surface area contributed by atoms with Crippen LogP contribution in [0.4, 0.5) is 0 Å². The summed E-state index contributed by atoms with van der Waals surface area (Å²) in [4.78, 5) is 22.8. The number of rotatable bonds is 6. The fraction of sp³-hybridized carbons (Fsp3) is 0.600. The molecule has 0 aromatic carbocycles. The molecule has 0 amide bonds. The van der Waals surface area contributed by atoms with Crippen molar-refractivity contribution >= 4 is 29.3 Å². The van der Waals surface area contributed by atoms with Crippen molar-refractivity contribution in [3.63, 3.8) is 0 Å². The summed E-state index contributed by atoms with van der Waals surface area (Å²) in [6, 6.07) is 0.186. The minimum atomic E-state index is -0.277. The van der Waals surface area contributed by atoms with Gasteiger partial charge in [-0.15, -0.1) is 0 Å². The summed E-state index contributed by atoms with van der Waals surface area (Å²) in [6.45, 7) is 3.73. The van der Waals surface area contributed by atoms with Crippen LogP contribution < -0.4 is 4.74 Å². The van der Waals surface area contributed by atoms with E-state index in [2.05, 4.69) is 19.7 Å². The van der Waals surface area contributed by atoms with Gasteiger partial charge in [-0.25, -0.2) is 0 Å². The summed E-state index contributed by atoms with van der Waals surface area (Å²) >= 11 is 7.05. The number of aromatic nitrogens is 3. The lowest BCUT2D eigenvalue weighted by molar-refractivity contribution is -0.140. The molecule has 0 aliphatic rings. The van der Waals surface area contributed by atoms with Crippen LogP contribution in [0.15, 0.2) is 5.16 Å². The minimum Gasteiger partial charge on any atom is -0.469 e. The lowest BCUT2D eigenvalue weighted by atomic mass is 10.5. The summed E-state index contributed by atoms with van der Waals surface area (Å²) in [5, 5.41) is 0.496. The molecular formula is C10H14ClN3O3S. The zero-order valence-corrected chi connectivity index (χ0v) is 11.9. The molecule has 0 unspecified atom stereocenters. The van der Waals surface area contributed by atoms with E-state index in [0.29, 0.717) is 10.9 Å². The van der Waals surface area contributed by atoms with Crippen LogP contribution in [0.2, 0.25) is 5.28 Å². The number of carbonyl (C=O) groups excluding carboxylic acids is 1. The molecule has 8 heteroatoms. The van der Waals surface area contributed by atoms with Gasteiger partial charge in [-0.05, 0) is 25.4 Å². The van der Waals surface area contributed by atoms with Crippen LogP contribution in [-0.2, 0) is 9.53 Å². The predicted octanol–water partition coefficient (Wildman–Crippen LogP) is 1.97. The number of nitrogens with zero attached hydrogens (tertiary/aromatic N) is 3. The molecule has 6 nitrogen and oxygen atoms in total. The van der Waals surface area contributed by atoms with Crippen molar-refractivity contribution < 1.29 is 14.3 Å². The van der Waals surface area contributed by atoms with Gasteiger partial charge in [0.2, 0.25) is 5.28 Å². The second-order valence-corrected chi connectivity index (χ2v) is 4.91. The molecule has 0 atom stereocenters. The molecule has 1 heterocycles. The Bertz CT molecular complexity index is 417. The predicted molar refractivity (Wildman–Crippen MR) is 68.0 cm³/mol. The van der Waals surface area contributed by atoms with E-state index in [1.165, 1.54) is 18.9 Å². The van der Waals surface area contributed by atoms with Crippen molar-refractivity contribution in [1.82, 2.24) is 15.0 Å². The van der Waals surface area contributed by atoms with E-state index in [9.17, 15) is 4.79 Å². The Morgan fingerprint density at radius 3 is 2.72 bits per heavy atom. The van der Waals surface area contributed by atoms with Crippen molar-refractivity contribution in [1.29, 1.82) is 0 Å². The zero-order chi connectivity index (χ0) is 13.5. The molecule has 0 fully saturated rings. The Labute approximate surface area is 114 Å². The van der Waals surface area contributed by atoms with Gasteiger partial charge in [-0.3, -0.25) is 4.79 Å². The standard InChI is InChI=1S/C10H14ClN3O3S/c1-6(2)17-9-12-8(11)13-10(14-9)18-5-4-7(15)16-3/h6H,4-5H2,1-3H3. The van der Waals surface area contributed by atoms with Crippen LogP contribution in [0.1, 0.15) is 20.3 Å². The molecule has 0 saturated heterocycles. The highest BCUT2D eigenvalue weighted by Gasteiger charge is 2.09. The number of hydrogen-bond donors (Lipinski definition) is 0. The van der Waals surface area contributed by atoms with E-state index in [1.54, 1.807) is 0 Å². The van der Waals surface area contributed by atoms with E-state index in [-0.39, 0.29) is 29.8 Å². The molecule has 0 N–H and O–H groups in total. The smallest absolute Gasteiger partial charge is 0.321 e. The highest BCUT2D eigenvalue weighted by molar-refractivity contribution is 7.99. The zero-order valence-electron chi connectivity index (χ0n) is 10.3. The first kappa shape index (κ1) is 15.0. The number of hydrogen-bond acceptors (Lipinski definition) is 7. The summed E-state index contributed by atoms with van der Waals surface area (Å²) in [6.07, 6.45) is 0.238. The van der Waals surface area contributed by atoms with Gasteiger partial charge in [-0.1, -0.05) is 11.8 Å². The molecule has 0 aliphatic carbocycles. The molecule has 100 valence electrons. The molecule has 1 aromatic rings. The molecule has 0 bridgehead atoms. The Morgan fingerprint density at radius 2 is 2.11 bits per heavy atom. The van der Waals surface area contributed by atoms with Gasteiger partial charge in [-0.2, -0.15) is 15.0 Å². The summed E-state index contributed by atoms with van der Waals surface area (Å²) < 4.78 is 9.86. The summed E-state index contributed by atoms with van der Waals surface area (Å²) in [5.41, 5.74) is 0. The van der Waals surface area contributed by atoms with E-state index >= 15 is 0 Å². The average molecular weight is 292 g/mol. The van der Waals surface area contributed by atoms with Gasteiger partial charge in [0.05, 0.1) is 19.6 Å². The van der Waals surface area contributed by atoms with Crippen LogP contribution in [0.3, 0.4) is 0 Å². The SMILES string of the molecule is COC(=O)CCSc1nc(Cl)nc(OC(C)C)n1. The summed E-state index contributed by atoms with van der Waals surface area (Å²) in [5.74, 6) is 0.232. The number of methoxy groups -OCH3 is 1. The highest BCUT2D eigenvalue weighted by atomic mass is 35.5. The Balaban J connectivity index is 2.59. The molecule has 18 heavy (non-hydrogen) atoms. The monoisotopic (exact) mass is 291 g/mol. The van der Waals surface area contributed by atoms with E-state index in [1.807, 2.05) is 13.8 Å². The first-order chi connectivity index (χ1) is 8.51. The number of thioether (sulfide) groups is 1. The van der Waals surface area contributed by atoms with Crippen molar-refractivity contribution in [2.45, 2.75) is 31.5 Å². The van der Waals surface area contributed by atoms with E-state index < -0.39 is 0 Å². The molecule has 0 aliphatic heterocycles. The second kappa shape index (κ2) is 7.38. The molecule has 0 spiro atoms. The Morgan fingerprint density at radius 1 is 1.39 bits per heavy atom. The fourth-order valence-electron chi connectivity index (χ4n) is 0.970.